The average Bonchev–Trinajstić information content (AvgIpc) is 3.24. The van der Waals surface area contributed by atoms with E-state index in [9.17, 15) is 4.79 Å². The Kier molecular flexibility index (Phi) is 4.68. The minimum absolute atomic E-state index is 0.114. The predicted octanol–water partition coefficient (Wildman–Crippen LogP) is 6.14. The minimum Gasteiger partial charge on any atom is -0.489 e. The molecule has 0 bridgehead atoms. The number of allylic oxidation sites excluding steroid dienone is 1. The van der Waals surface area contributed by atoms with Gasteiger partial charge in [0.1, 0.15) is 18.1 Å². The van der Waals surface area contributed by atoms with Gasteiger partial charge in [-0.05, 0) is 42.0 Å². The molecule has 1 aliphatic heterocycles. The smallest absolute Gasteiger partial charge is 0.231 e. The molecule has 0 fully saturated rings. The highest BCUT2D eigenvalue weighted by Crippen LogP contribution is 2.36. The number of rotatable bonds is 4. The standard InChI is InChI=1S/C25H18BrNO3/c1-27-14-17(20-4-2-3-5-22(20)27)12-24-25(28)21-11-10-19(13-23(21)30-24)29-15-16-6-8-18(26)9-7-16/h2-14H,15H2,1H3. The molecule has 0 saturated heterocycles. The van der Waals surface area contributed by atoms with E-state index < -0.39 is 0 Å². The van der Waals surface area contributed by atoms with E-state index in [1.54, 1.807) is 18.2 Å². The summed E-state index contributed by atoms with van der Waals surface area (Å²) in [6.07, 6.45) is 3.82. The van der Waals surface area contributed by atoms with Crippen LogP contribution in [0.1, 0.15) is 21.5 Å². The zero-order valence-corrected chi connectivity index (χ0v) is 17.8. The first-order valence-electron chi connectivity index (χ1n) is 9.58. The molecule has 2 heterocycles. The van der Waals surface area contributed by atoms with Crippen LogP contribution >= 0.6 is 15.9 Å². The molecule has 148 valence electrons. The number of hydrogen-bond donors (Lipinski definition) is 0. The van der Waals surface area contributed by atoms with Gasteiger partial charge in [-0.3, -0.25) is 4.79 Å². The second-order valence-corrected chi connectivity index (χ2v) is 8.14. The van der Waals surface area contributed by atoms with Crippen LogP contribution in [0.15, 0.2) is 83.2 Å². The molecule has 0 radical (unpaired) electrons. The molecular formula is C25H18BrNO3. The van der Waals surface area contributed by atoms with Crippen molar-refractivity contribution in [3.8, 4) is 11.5 Å². The van der Waals surface area contributed by atoms with Crippen LogP contribution in [0.3, 0.4) is 0 Å². The Morgan fingerprint density at radius 3 is 2.70 bits per heavy atom. The number of aromatic nitrogens is 1. The van der Waals surface area contributed by atoms with E-state index in [2.05, 4.69) is 22.0 Å². The molecule has 4 aromatic rings. The molecule has 3 aromatic carbocycles. The lowest BCUT2D eigenvalue weighted by Crippen LogP contribution is -1.97. The average molecular weight is 460 g/mol. The molecule has 0 unspecified atom stereocenters. The second-order valence-electron chi connectivity index (χ2n) is 7.23. The molecule has 5 heteroatoms. The van der Waals surface area contributed by atoms with Gasteiger partial charge in [-0.15, -0.1) is 0 Å². The predicted molar refractivity (Wildman–Crippen MR) is 121 cm³/mol. The lowest BCUT2D eigenvalue weighted by Gasteiger charge is -2.07. The van der Waals surface area contributed by atoms with Gasteiger partial charge in [-0.1, -0.05) is 46.3 Å². The van der Waals surface area contributed by atoms with Crippen molar-refractivity contribution in [3.05, 3.63) is 99.8 Å². The van der Waals surface area contributed by atoms with E-state index in [4.69, 9.17) is 9.47 Å². The number of benzene rings is 3. The molecule has 0 atom stereocenters. The number of hydrogen-bond acceptors (Lipinski definition) is 3. The van der Waals surface area contributed by atoms with Gasteiger partial charge >= 0.3 is 0 Å². The summed E-state index contributed by atoms with van der Waals surface area (Å²) in [5.74, 6) is 1.40. The van der Waals surface area contributed by atoms with E-state index in [1.807, 2.05) is 66.4 Å². The molecule has 0 amide bonds. The third kappa shape index (κ3) is 3.42. The molecule has 4 nitrogen and oxygen atoms in total. The van der Waals surface area contributed by atoms with Crippen molar-refractivity contribution >= 4 is 38.7 Å². The van der Waals surface area contributed by atoms with E-state index in [1.165, 1.54) is 0 Å². The SMILES string of the molecule is Cn1cc(C=C2Oc3cc(OCc4ccc(Br)cc4)ccc3C2=O)c2ccccc21. The number of aryl methyl sites for hydroxylation is 1. The number of carbonyl (C=O) groups excluding carboxylic acids is 1. The van der Waals surface area contributed by atoms with E-state index >= 15 is 0 Å². The first kappa shape index (κ1) is 18.7. The molecular weight excluding hydrogens is 442 g/mol. The van der Waals surface area contributed by atoms with Crippen LogP contribution in [0.5, 0.6) is 11.5 Å². The third-order valence-electron chi connectivity index (χ3n) is 5.17. The van der Waals surface area contributed by atoms with Crippen LogP contribution in [0.2, 0.25) is 0 Å². The zero-order valence-electron chi connectivity index (χ0n) is 16.3. The van der Waals surface area contributed by atoms with Gasteiger partial charge in [0.05, 0.1) is 5.56 Å². The van der Waals surface area contributed by atoms with Gasteiger partial charge in [0.15, 0.2) is 5.76 Å². The summed E-state index contributed by atoms with van der Waals surface area (Å²) in [7, 11) is 1.99. The number of Topliss-reactive ketones (excluding diaryl/α,β-unsaturated/α-hetero) is 1. The Morgan fingerprint density at radius 2 is 1.87 bits per heavy atom. The number of para-hydroxylation sites is 1. The van der Waals surface area contributed by atoms with E-state index in [-0.39, 0.29) is 5.78 Å². The maximum absolute atomic E-state index is 12.8. The summed E-state index contributed by atoms with van der Waals surface area (Å²) in [4.78, 5) is 12.8. The number of fused-ring (bicyclic) bond motifs is 2. The largest absolute Gasteiger partial charge is 0.489 e. The Hall–Kier alpha value is -3.31. The van der Waals surface area contributed by atoms with Gasteiger partial charge < -0.3 is 14.0 Å². The lowest BCUT2D eigenvalue weighted by molar-refractivity contribution is 0.101. The first-order chi connectivity index (χ1) is 14.6. The molecule has 5 rings (SSSR count). The molecule has 1 aliphatic rings. The van der Waals surface area contributed by atoms with Gasteiger partial charge in [-0.2, -0.15) is 0 Å². The lowest BCUT2D eigenvalue weighted by atomic mass is 10.1. The fourth-order valence-electron chi connectivity index (χ4n) is 3.63. The number of ketones is 1. The maximum atomic E-state index is 12.8. The molecule has 0 spiro atoms. The maximum Gasteiger partial charge on any atom is 0.231 e. The minimum atomic E-state index is -0.114. The summed E-state index contributed by atoms with van der Waals surface area (Å²) in [5.41, 5.74) is 3.68. The fraction of sp³-hybridized carbons (Fsp3) is 0.0800. The van der Waals surface area contributed by atoms with Crippen molar-refractivity contribution < 1.29 is 14.3 Å². The highest BCUT2D eigenvalue weighted by molar-refractivity contribution is 9.10. The molecule has 1 aromatic heterocycles. The summed E-state index contributed by atoms with van der Waals surface area (Å²) in [5, 5.41) is 1.08. The van der Waals surface area contributed by atoms with E-state index in [0.29, 0.717) is 29.4 Å². The second kappa shape index (κ2) is 7.50. The zero-order chi connectivity index (χ0) is 20.7. The quantitative estimate of drug-likeness (QED) is 0.344. The third-order valence-corrected chi connectivity index (χ3v) is 5.70. The van der Waals surface area contributed by atoms with Crippen LogP contribution in [-0.4, -0.2) is 10.4 Å². The number of halogens is 1. The highest BCUT2D eigenvalue weighted by Gasteiger charge is 2.28. The van der Waals surface area contributed by atoms with Crippen molar-refractivity contribution in [2.45, 2.75) is 6.61 Å². The number of ether oxygens (including phenoxy) is 2. The van der Waals surface area contributed by atoms with E-state index in [0.717, 1.165) is 26.5 Å². The Morgan fingerprint density at radius 1 is 1.07 bits per heavy atom. The van der Waals surface area contributed by atoms with Crippen molar-refractivity contribution in [3.63, 3.8) is 0 Å². The summed E-state index contributed by atoms with van der Waals surface area (Å²) in [6.45, 7) is 0.443. The highest BCUT2D eigenvalue weighted by atomic mass is 79.9. The normalized spacial score (nSPS) is 14.2. The summed E-state index contributed by atoms with van der Waals surface area (Å²) in [6, 6.07) is 21.4. The molecule has 0 saturated carbocycles. The topological polar surface area (TPSA) is 40.5 Å². The van der Waals surface area contributed by atoms with Crippen LogP contribution in [0.25, 0.3) is 17.0 Å². The van der Waals surface area contributed by atoms with Gasteiger partial charge in [0.25, 0.3) is 0 Å². The van der Waals surface area contributed by atoms with Gasteiger partial charge in [0.2, 0.25) is 5.78 Å². The molecule has 0 N–H and O–H groups in total. The monoisotopic (exact) mass is 459 g/mol. The van der Waals surface area contributed by atoms with Gasteiger partial charge in [0, 0.05) is 40.2 Å². The van der Waals surface area contributed by atoms with Crippen molar-refractivity contribution in [1.29, 1.82) is 0 Å². The Balaban J connectivity index is 1.39. The van der Waals surface area contributed by atoms with Crippen molar-refractivity contribution in [2.24, 2.45) is 7.05 Å². The number of nitrogens with zero attached hydrogens (tertiary/aromatic N) is 1. The van der Waals surface area contributed by atoms with Crippen LogP contribution in [0, 0.1) is 0 Å². The number of carbonyl (C=O) groups is 1. The summed E-state index contributed by atoms with van der Waals surface area (Å²) >= 11 is 3.43. The van der Waals surface area contributed by atoms with Crippen molar-refractivity contribution in [1.82, 2.24) is 4.57 Å². The molecule has 0 aliphatic carbocycles. The summed E-state index contributed by atoms with van der Waals surface area (Å²) < 4.78 is 14.9. The Bertz CT molecular complexity index is 1300. The van der Waals surface area contributed by atoms with Crippen LogP contribution < -0.4 is 9.47 Å². The Labute approximate surface area is 182 Å². The van der Waals surface area contributed by atoms with Crippen molar-refractivity contribution in [2.75, 3.05) is 0 Å². The van der Waals surface area contributed by atoms with Crippen LogP contribution in [-0.2, 0) is 13.7 Å². The fourth-order valence-corrected chi connectivity index (χ4v) is 3.90. The molecule has 30 heavy (non-hydrogen) atoms. The van der Waals surface area contributed by atoms with Gasteiger partial charge in [-0.25, -0.2) is 0 Å². The first-order valence-corrected chi connectivity index (χ1v) is 10.4. The van der Waals surface area contributed by atoms with Crippen LogP contribution in [0.4, 0.5) is 0 Å².